The molecule has 0 unspecified atom stereocenters. The number of amides is 2. The lowest BCUT2D eigenvalue weighted by Crippen LogP contribution is -2.36. The molecule has 0 radical (unpaired) electrons. The second kappa shape index (κ2) is 16.7. The fourth-order valence-corrected chi connectivity index (χ4v) is 4.58. The quantitative estimate of drug-likeness (QED) is 0.0558. The average molecular weight is 668 g/mol. The predicted octanol–water partition coefficient (Wildman–Crippen LogP) is 3.27. The molecule has 254 valence electrons. The number of nitro groups is 2. The maximum atomic E-state index is 12.4. The number of hydrogen-bond acceptors (Lipinski definition) is 14. The number of phenolic OH excluding ortho intramolecular Hbond substituents is 4. The Kier molecular flexibility index (Phi) is 13.1. The van der Waals surface area contributed by atoms with Crippen LogP contribution in [0.5, 0.6) is 23.0 Å². The number of nitro benzene ring substituents is 2. The minimum Gasteiger partial charge on any atom is -0.506 e. The number of rotatable bonds is 9. The Morgan fingerprint density at radius 3 is 1.79 bits per heavy atom. The Bertz CT molecular complexity index is 1630. The Morgan fingerprint density at radius 1 is 0.875 bits per heavy atom. The van der Waals surface area contributed by atoms with E-state index in [1.165, 1.54) is 9.80 Å². The van der Waals surface area contributed by atoms with Crippen molar-refractivity contribution in [2.24, 2.45) is 5.73 Å². The molecule has 1 aliphatic heterocycles. The minimum atomic E-state index is -0.961. The van der Waals surface area contributed by atoms with Crippen molar-refractivity contribution in [2.75, 3.05) is 26.2 Å². The Balaban J connectivity index is 0.000000333. The molecule has 1 fully saturated rings. The fraction of sp³-hybridized carbons (Fsp3) is 0.333. The molecule has 2 amide bonds. The molecule has 0 bridgehead atoms. The van der Waals surface area contributed by atoms with Crippen LogP contribution in [0.4, 0.5) is 11.4 Å². The third kappa shape index (κ3) is 8.57. The number of aliphatic hydroxyl groups excluding tert-OH is 1. The summed E-state index contributed by atoms with van der Waals surface area (Å²) in [6, 6.07) is 6.79. The topological polar surface area (TPSA) is 302 Å². The van der Waals surface area contributed by atoms with Crippen molar-refractivity contribution >= 4 is 34.6 Å². The number of likely N-dealkylation sites (tertiary alicyclic amines) is 1. The second-order valence-corrected chi connectivity index (χ2v) is 10.2. The van der Waals surface area contributed by atoms with E-state index in [4.69, 9.17) is 5.73 Å². The van der Waals surface area contributed by atoms with E-state index in [-0.39, 0.29) is 22.4 Å². The third-order valence-electron chi connectivity index (χ3n) is 7.08. The van der Waals surface area contributed by atoms with Gasteiger partial charge in [-0.05, 0) is 44.7 Å². The molecule has 2 aromatic carbocycles. The predicted molar refractivity (Wildman–Crippen MR) is 168 cm³/mol. The van der Waals surface area contributed by atoms with Gasteiger partial charge in [-0.25, -0.2) is 0 Å². The summed E-state index contributed by atoms with van der Waals surface area (Å²) < 4.78 is 0. The van der Waals surface area contributed by atoms with Crippen molar-refractivity contribution in [2.45, 2.75) is 39.5 Å². The smallest absolute Gasteiger partial charge is 0.315 e. The van der Waals surface area contributed by atoms with E-state index < -0.39 is 67.4 Å². The number of aliphatic hydroxyl groups is 1. The van der Waals surface area contributed by atoms with Gasteiger partial charge in [-0.15, -0.1) is 0 Å². The van der Waals surface area contributed by atoms with Gasteiger partial charge in [0, 0.05) is 49.4 Å². The maximum Gasteiger partial charge on any atom is 0.315 e. The zero-order valence-corrected chi connectivity index (χ0v) is 25.9. The minimum absolute atomic E-state index is 0.102. The number of benzene rings is 2. The standard InChI is InChI=1S/C15H18N4O5.C15H15N3O6/c1-3-5-18(4-2)15(22)10(8-16)13(17)9-6-11(19(23)24)14(21)12(20)7-9;16-8-10(15(22)17-4-2-1-3-5-17)13(20)9-6-11(18(23)24)14(21)12(19)7-9/h6-7,20-21H,3-5,17H2,1-2H3;6-7,19-21H,1-5H2/b2*13-10-. The molecular formula is C30H33N7O11. The van der Waals surface area contributed by atoms with Crippen molar-refractivity contribution in [1.82, 2.24) is 9.80 Å². The highest BCUT2D eigenvalue weighted by Gasteiger charge is 2.27. The van der Waals surface area contributed by atoms with Crippen LogP contribution in [0.2, 0.25) is 0 Å². The number of piperidine rings is 1. The van der Waals surface area contributed by atoms with Gasteiger partial charge < -0.3 is 41.1 Å². The summed E-state index contributed by atoms with van der Waals surface area (Å²) in [4.78, 5) is 47.5. The number of carbonyl (C=O) groups excluding carboxylic acids is 2. The van der Waals surface area contributed by atoms with Gasteiger partial charge in [0.2, 0.25) is 11.5 Å². The molecule has 3 rings (SSSR count). The van der Waals surface area contributed by atoms with Gasteiger partial charge in [0.25, 0.3) is 11.8 Å². The number of nitrogens with two attached hydrogens (primary N) is 1. The largest absolute Gasteiger partial charge is 0.506 e. The van der Waals surface area contributed by atoms with Crippen LogP contribution < -0.4 is 5.73 Å². The molecule has 1 heterocycles. The molecular weight excluding hydrogens is 634 g/mol. The monoisotopic (exact) mass is 667 g/mol. The molecule has 0 saturated carbocycles. The number of nitriles is 2. The van der Waals surface area contributed by atoms with E-state index in [9.17, 15) is 65.9 Å². The van der Waals surface area contributed by atoms with Crippen LogP contribution in [0.15, 0.2) is 35.4 Å². The van der Waals surface area contributed by atoms with Gasteiger partial charge in [-0.3, -0.25) is 29.8 Å². The summed E-state index contributed by atoms with van der Waals surface area (Å²) in [5, 5.41) is 88.5. The van der Waals surface area contributed by atoms with E-state index in [1.807, 2.05) is 6.92 Å². The molecule has 0 spiro atoms. The lowest BCUT2D eigenvalue weighted by molar-refractivity contribution is -0.386. The zero-order chi connectivity index (χ0) is 36.3. The molecule has 7 N–H and O–H groups in total. The molecule has 48 heavy (non-hydrogen) atoms. The van der Waals surface area contributed by atoms with Crippen LogP contribution in [0.25, 0.3) is 11.5 Å². The highest BCUT2D eigenvalue weighted by molar-refractivity contribution is 6.05. The lowest BCUT2D eigenvalue weighted by atomic mass is 10.0. The molecule has 1 aliphatic rings. The third-order valence-corrected chi connectivity index (χ3v) is 7.08. The first-order valence-corrected chi connectivity index (χ1v) is 14.4. The van der Waals surface area contributed by atoms with E-state index in [0.717, 1.165) is 43.5 Å². The van der Waals surface area contributed by atoms with Crippen LogP contribution >= 0.6 is 0 Å². The average Bonchev–Trinajstić information content (AvgIpc) is 3.06. The molecule has 1 saturated heterocycles. The number of carbonyl (C=O) groups is 2. The van der Waals surface area contributed by atoms with Crippen molar-refractivity contribution in [3.05, 3.63) is 66.8 Å². The summed E-state index contributed by atoms with van der Waals surface area (Å²) in [6.45, 7) is 5.32. The summed E-state index contributed by atoms with van der Waals surface area (Å²) >= 11 is 0. The maximum absolute atomic E-state index is 12.4. The zero-order valence-electron chi connectivity index (χ0n) is 25.9. The van der Waals surface area contributed by atoms with Crippen LogP contribution in [-0.4, -0.2) is 83.2 Å². The van der Waals surface area contributed by atoms with Crippen LogP contribution in [0.3, 0.4) is 0 Å². The summed E-state index contributed by atoms with van der Waals surface area (Å²) in [5.41, 5.74) is 2.52. The van der Waals surface area contributed by atoms with Gasteiger partial charge in [0.15, 0.2) is 17.1 Å². The van der Waals surface area contributed by atoms with E-state index in [1.54, 1.807) is 19.1 Å². The van der Waals surface area contributed by atoms with Crippen molar-refractivity contribution in [3.8, 4) is 35.1 Å². The molecule has 0 aliphatic carbocycles. The summed E-state index contributed by atoms with van der Waals surface area (Å²) in [5.74, 6) is -5.55. The van der Waals surface area contributed by atoms with Crippen molar-refractivity contribution in [3.63, 3.8) is 0 Å². The number of nitrogens with zero attached hydrogens (tertiary/aromatic N) is 6. The van der Waals surface area contributed by atoms with Gasteiger partial charge >= 0.3 is 11.4 Å². The molecule has 18 nitrogen and oxygen atoms in total. The van der Waals surface area contributed by atoms with Crippen LogP contribution in [0.1, 0.15) is 50.7 Å². The SMILES string of the molecule is CCCN(CC)C(=O)/C(C#N)=C(\N)c1cc(O)c(O)c([N+](=O)[O-])c1.N#C/C(C(=O)N1CCCCC1)=C(/O)c1cc(O)c(O)c([N+](=O)[O-])c1. The van der Waals surface area contributed by atoms with Gasteiger partial charge in [-0.2, -0.15) is 10.5 Å². The first kappa shape index (κ1) is 37.6. The lowest BCUT2D eigenvalue weighted by Gasteiger charge is -2.26. The Hall–Kier alpha value is -6.56. The normalized spacial score (nSPS) is 13.4. The molecule has 0 aromatic heterocycles. The summed E-state index contributed by atoms with van der Waals surface area (Å²) in [7, 11) is 0. The van der Waals surface area contributed by atoms with E-state index in [2.05, 4.69) is 0 Å². The summed E-state index contributed by atoms with van der Waals surface area (Å²) in [6.07, 6.45) is 3.23. The van der Waals surface area contributed by atoms with Crippen LogP contribution in [0, 0.1) is 42.9 Å². The Labute approximate surface area is 273 Å². The second-order valence-electron chi connectivity index (χ2n) is 10.2. The number of phenols is 4. The van der Waals surface area contributed by atoms with Crippen molar-refractivity contribution in [1.29, 1.82) is 10.5 Å². The first-order valence-electron chi connectivity index (χ1n) is 14.4. The number of hydrogen-bond donors (Lipinski definition) is 6. The fourth-order valence-electron chi connectivity index (χ4n) is 4.58. The first-order chi connectivity index (χ1) is 22.6. The van der Waals surface area contributed by atoms with Gasteiger partial charge in [-0.1, -0.05) is 6.92 Å². The number of aromatic hydroxyl groups is 4. The Morgan fingerprint density at radius 2 is 1.35 bits per heavy atom. The van der Waals surface area contributed by atoms with Gasteiger partial charge in [0.05, 0.1) is 15.5 Å². The van der Waals surface area contributed by atoms with Crippen LogP contribution in [-0.2, 0) is 9.59 Å². The van der Waals surface area contributed by atoms with Gasteiger partial charge in [0.1, 0.15) is 23.5 Å². The van der Waals surface area contributed by atoms with E-state index in [0.29, 0.717) is 32.6 Å². The van der Waals surface area contributed by atoms with E-state index >= 15 is 0 Å². The molecule has 2 aromatic rings. The van der Waals surface area contributed by atoms with Crippen molar-refractivity contribution < 1.29 is 45.0 Å². The molecule has 18 heteroatoms. The highest BCUT2D eigenvalue weighted by Crippen LogP contribution is 2.39. The molecule has 0 atom stereocenters. The highest BCUT2D eigenvalue weighted by atomic mass is 16.6. The number of likely N-dealkylation sites (N-methyl/N-ethyl adjacent to an activating group) is 1.